The number of carbonyl (C=O) groups is 1. The lowest BCUT2D eigenvalue weighted by Crippen LogP contribution is -2.49. The molecule has 26 heavy (non-hydrogen) atoms. The van der Waals surface area contributed by atoms with E-state index in [0.717, 1.165) is 31.2 Å². The number of ether oxygens (including phenoxy) is 3. The SMILES string of the molecule is COc1cc(OC)c(CNC(=O)C2CC3CCCC(C2)C3N)c(OC)c1. The van der Waals surface area contributed by atoms with Crippen LogP contribution in [0.25, 0.3) is 0 Å². The van der Waals surface area contributed by atoms with Crippen molar-refractivity contribution in [2.75, 3.05) is 21.3 Å². The van der Waals surface area contributed by atoms with Crippen LogP contribution in [-0.4, -0.2) is 33.3 Å². The van der Waals surface area contributed by atoms with E-state index in [1.54, 1.807) is 33.5 Å². The first-order valence-corrected chi connectivity index (χ1v) is 9.39. The van der Waals surface area contributed by atoms with Gasteiger partial charge in [-0.05, 0) is 37.5 Å². The zero-order valence-corrected chi connectivity index (χ0v) is 15.9. The third-order valence-corrected chi connectivity index (χ3v) is 6.04. The van der Waals surface area contributed by atoms with Crippen molar-refractivity contribution in [3.63, 3.8) is 0 Å². The Morgan fingerprint density at radius 1 is 1.08 bits per heavy atom. The fraction of sp³-hybridized carbons (Fsp3) is 0.650. The average Bonchev–Trinajstić information content (AvgIpc) is 2.65. The molecule has 0 spiro atoms. The molecule has 144 valence electrons. The van der Waals surface area contributed by atoms with Crippen molar-refractivity contribution in [3.05, 3.63) is 17.7 Å². The summed E-state index contributed by atoms with van der Waals surface area (Å²) in [5.74, 6) is 3.08. The summed E-state index contributed by atoms with van der Waals surface area (Å²) >= 11 is 0. The highest BCUT2D eigenvalue weighted by molar-refractivity contribution is 5.79. The lowest BCUT2D eigenvalue weighted by atomic mass is 9.65. The van der Waals surface area contributed by atoms with Gasteiger partial charge >= 0.3 is 0 Å². The van der Waals surface area contributed by atoms with Gasteiger partial charge in [-0.1, -0.05) is 6.42 Å². The minimum Gasteiger partial charge on any atom is -0.496 e. The van der Waals surface area contributed by atoms with Gasteiger partial charge in [0, 0.05) is 24.1 Å². The first kappa shape index (κ1) is 18.8. The number of benzene rings is 1. The number of nitrogens with two attached hydrogens (primary N) is 1. The summed E-state index contributed by atoms with van der Waals surface area (Å²) < 4.78 is 16.2. The molecular formula is C20H30N2O4. The van der Waals surface area contributed by atoms with Crippen LogP contribution in [-0.2, 0) is 11.3 Å². The number of hydrogen-bond acceptors (Lipinski definition) is 5. The molecule has 6 heteroatoms. The zero-order chi connectivity index (χ0) is 18.7. The van der Waals surface area contributed by atoms with Crippen LogP contribution < -0.4 is 25.3 Å². The van der Waals surface area contributed by atoms with E-state index in [-0.39, 0.29) is 17.9 Å². The Kier molecular flexibility index (Phi) is 5.91. The molecule has 2 fully saturated rings. The molecule has 1 aromatic rings. The van der Waals surface area contributed by atoms with Crippen molar-refractivity contribution in [3.8, 4) is 17.2 Å². The van der Waals surface area contributed by atoms with Crippen LogP contribution in [0, 0.1) is 17.8 Å². The van der Waals surface area contributed by atoms with Crippen LogP contribution in [0.5, 0.6) is 17.2 Å². The van der Waals surface area contributed by atoms with Crippen LogP contribution in [0.1, 0.15) is 37.7 Å². The molecule has 0 heterocycles. The third-order valence-electron chi connectivity index (χ3n) is 6.04. The molecule has 2 bridgehead atoms. The van der Waals surface area contributed by atoms with Crippen LogP contribution in [0.2, 0.25) is 0 Å². The molecule has 0 aliphatic heterocycles. The van der Waals surface area contributed by atoms with Gasteiger partial charge in [0.25, 0.3) is 0 Å². The maximum atomic E-state index is 12.8. The topological polar surface area (TPSA) is 82.8 Å². The van der Waals surface area contributed by atoms with Gasteiger partial charge in [0.2, 0.25) is 5.91 Å². The molecule has 2 aliphatic carbocycles. The number of nitrogens with one attached hydrogen (secondary N) is 1. The van der Waals surface area contributed by atoms with Crippen molar-refractivity contribution in [1.29, 1.82) is 0 Å². The summed E-state index contributed by atoms with van der Waals surface area (Å²) in [4.78, 5) is 12.8. The van der Waals surface area contributed by atoms with Crippen LogP contribution in [0.15, 0.2) is 12.1 Å². The van der Waals surface area contributed by atoms with Gasteiger partial charge < -0.3 is 25.3 Å². The van der Waals surface area contributed by atoms with Crippen molar-refractivity contribution in [2.24, 2.45) is 23.5 Å². The lowest BCUT2D eigenvalue weighted by molar-refractivity contribution is -0.128. The zero-order valence-electron chi connectivity index (χ0n) is 15.9. The van der Waals surface area contributed by atoms with E-state index in [0.29, 0.717) is 35.6 Å². The summed E-state index contributed by atoms with van der Waals surface area (Å²) in [5, 5.41) is 3.08. The summed E-state index contributed by atoms with van der Waals surface area (Å²) in [6.45, 7) is 0.368. The highest BCUT2D eigenvalue weighted by Gasteiger charge is 2.40. The van der Waals surface area contributed by atoms with Gasteiger partial charge in [0.05, 0.1) is 33.4 Å². The van der Waals surface area contributed by atoms with Crippen molar-refractivity contribution < 1.29 is 19.0 Å². The second kappa shape index (κ2) is 8.16. The molecule has 0 aromatic heterocycles. The van der Waals surface area contributed by atoms with Crippen LogP contribution >= 0.6 is 0 Å². The highest BCUT2D eigenvalue weighted by Crippen LogP contribution is 2.42. The monoisotopic (exact) mass is 362 g/mol. The molecule has 2 atom stereocenters. The Morgan fingerprint density at radius 3 is 2.15 bits per heavy atom. The Bertz CT molecular complexity index is 610. The summed E-state index contributed by atoms with van der Waals surface area (Å²) in [6.07, 6.45) is 5.36. The molecule has 0 radical (unpaired) electrons. The molecule has 0 saturated heterocycles. The summed E-state index contributed by atoms with van der Waals surface area (Å²) in [6, 6.07) is 3.87. The van der Waals surface area contributed by atoms with Crippen molar-refractivity contribution in [2.45, 2.75) is 44.7 Å². The smallest absolute Gasteiger partial charge is 0.223 e. The van der Waals surface area contributed by atoms with Crippen LogP contribution in [0.3, 0.4) is 0 Å². The van der Waals surface area contributed by atoms with E-state index < -0.39 is 0 Å². The fourth-order valence-corrected chi connectivity index (χ4v) is 4.58. The number of carbonyl (C=O) groups excluding carboxylic acids is 1. The molecular weight excluding hydrogens is 332 g/mol. The van der Waals surface area contributed by atoms with E-state index in [1.807, 2.05) is 0 Å². The summed E-state index contributed by atoms with van der Waals surface area (Å²) in [7, 11) is 4.80. The molecule has 2 aliphatic rings. The normalized spacial score (nSPS) is 27.5. The van der Waals surface area contributed by atoms with Gasteiger partial charge in [0.15, 0.2) is 0 Å². The van der Waals surface area contributed by atoms with E-state index in [9.17, 15) is 4.79 Å². The van der Waals surface area contributed by atoms with Gasteiger partial charge in [-0.15, -0.1) is 0 Å². The maximum Gasteiger partial charge on any atom is 0.223 e. The predicted octanol–water partition coefficient (Wildman–Crippen LogP) is 2.48. The highest BCUT2D eigenvalue weighted by atomic mass is 16.5. The number of methoxy groups -OCH3 is 3. The number of fused-ring (bicyclic) bond motifs is 2. The maximum absolute atomic E-state index is 12.8. The van der Waals surface area contributed by atoms with Gasteiger partial charge in [-0.3, -0.25) is 4.79 Å². The first-order chi connectivity index (χ1) is 12.6. The van der Waals surface area contributed by atoms with E-state index >= 15 is 0 Å². The summed E-state index contributed by atoms with van der Waals surface area (Å²) in [5.41, 5.74) is 7.15. The standard InChI is InChI=1S/C20H30N2O4/c1-24-15-9-17(25-2)16(18(10-15)26-3)11-22-20(23)14-7-12-5-4-6-13(8-14)19(12)21/h9-10,12-14,19H,4-8,11,21H2,1-3H3,(H,22,23). The number of hydrogen-bond donors (Lipinski definition) is 2. The molecule has 3 N–H and O–H groups in total. The Morgan fingerprint density at radius 2 is 1.65 bits per heavy atom. The molecule has 3 rings (SSSR count). The molecule has 1 amide bonds. The molecule has 2 unspecified atom stereocenters. The number of amides is 1. The minimum absolute atomic E-state index is 0.0559. The number of rotatable bonds is 6. The predicted molar refractivity (Wildman–Crippen MR) is 99.5 cm³/mol. The fourth-order valence-electron chi connectivity index (χ4n) is 4.58. The van der Waals surface area contributed by atoms with E-state index in [4.69, 9.17) is 19.9 Å². The van der Waals surface area contributed by atoms with E-state index in [1.165, 1.54) is 6.42 Å². The Hall–Kier alpha value is -1.95. The molecule has 2 saturated carbocycles. The largest absolute Gasteiger partial charge is 0.496 e. The molecule has 1 aromatic carbocycles. The van der Waals surface area contributed by atoms with Crippen molar-refractivity contribution in [1.82, 2.24) is 5.32 Å². The van der Waals surface area contributed by atoms with Gasteiger partial charge in [-0.2, -0.15) is 0 Å². The average molecular weight is 362 g/mol. The molecule has 6 nitrogen and oxygen atoms in total. The quantitative estimate of drug-likeness (QED) is 0.812. The Balaban J connectivity index is 1.68. The second-order valence-electron chi connectivity index (χ2n) is 7.43. The Labute approximate surface area is 155 Å². The van der Waals surface area contributed by atoms with Crippen molar-refractivity contribution >= 4 is 5.91 Å². The van der Waals surface area contributed by atoms with Gasteiger partial charge in [-0.25, -0.2) is 0 Å². The minimum atomic E-state index is 0.0559. The van der Waals surface area contributed by atoms with Gasteiger partial charge in [0.1, 0.15) is 17.2 Å². The van der Waals surface area contributed by atoms with Crippen LogP contribution in [0.4, 0.5) is 0 Å². The first-order valence-electron chi connectivity index (χ1n) is 9.39. The second-order valence-corrected chi connectivity index (χ2v) is 7.43. The van der Waals surface area contributed by atoms with E-state index in [2.05, 4.69) is 5.32 Å². The lowest BCUT2D eigenvalue weighted by Gasteiger charge is -2.43. The third kappa shape index (κ3) is 3.75.